The predicted octanol–water partition coefficient (Wildman–Crippen LogP) is 6.10. The molecule has 0 saturated carbocycles. The predicted molar refractivity (Wildman–Crippen MR) is 103 cm³/mol. The first-order valence-electron chi connectivity index (χ1n) is 7.80. The molecule has 0 amide bonds. The number of aromatic hydroxyl groups is 1. The molecule has 0 atom stereocenters. The van der Waals surface area contributed by atoms with Gasteiger partial charge in [0.15, 0.2) is 5.82 Å². The lowest BCUT2D eigenvalue weighted by Crippen LogP contribution is -1.96. The monoisotopic (exact) mass is 382 g/mol. The molecule has 1 N–H and O–H groups in total. The van der Waals surface area contributed by atoms with Crippen LogP contribution in [-0.2, 0) is 0 Å². The summed E-state index contributed by atoms with van der Waals surface area (Å²) in [4.78, 5) is 9.05. The Hall–Kier alpha value is -2.82. The van der Waals surface area contributed by atoms with Crippen LogP contribution in [0.25, 0.3) is 22.3 Å². The molecule has 0 fully saturated rings. The van der Waals surface area contributed by atoms with Crippen molar-refractivity contribution < 1.29 is 9.84 Å². The Labute approximate surface area is 159 Å². The number of halogens is 2. The van der Waals surface area contributed by atoms with Gasteiger partial charge in [-0.2, -0.15) is 4.98 Å². The minimum absolute atomic E-state index is 0.100. The van der Waals surface area contributed by atoms with Gasteiger partial charge in [0.05, 0.1) is 26.5 Å². The van der Waals surface area contributed by atoms with E-state index < -0.39 is 0 Å². The minimum atomic E-state index is 0.100. The molecule has 6 heteroatoms. The molecule has 26 heavy (non-hydrogen) atoms. The van der Waals surface area contributed by atoms with Gasteiger partial charge in [0.2, 0.25) is 5.88 Å². The van der Waals surface area contributed by atoms with Crippen molar-refractivity contribution in [2.24, 2.45) is 0 Å². The maximum Gasteiger partial charge on any atom is 0.230 e. The largest absolute Gasteiger partial charge is 0.507 e. The van der Waals surface area contributed by atoms with E-state index in [4.69, 9.17) is 27.9 Å². The molecular formula is C20H12Cl2N2O2. The SMILES string of the molecule is Oc1ccccc1-c1nc(Oc2ccc(Cl)c(Cl)c2)c2ccccc2n1. The lowest BCUT2D eigenvalue weighted by molar-refractivity contribution is 0.467. The Balaban J connectivity index is 1.87. The number of para-hydroxylation sites is 2. The minimum Gasteiger partial charge on any atom is -0.507 e. The Bertz CT molecular complexity index is 1120. The van der Waals surface area contributed by atoms with Crippen LogP contribution >= 0.6 is 23.2 Å². The van der Waals surface area contributed by atoms with Gasteiger partial charge in [0.1, 0.15) is 11.5 Å². The number of aromatic nitrogens is 2. The van der Waals surface area contributed by atoms with E-state index in [-0.39, 0.29) is 5.75 Å². The summed E-state index contributed by atoms with van der Waals surface area (Å²) in [6, 6.07) is 19.4. The maximum absolute atomic E-state index is 10.1. The zero-order chi connectivity index (χ0) is 18.1. The van der Waals surface area contributed by atoms with Crippen molar-refractivity contribution in [1.82, 2.24) is 9.97 Å². The number of rotatable bonds is 3. The molecule has 3 aromatic carbocycles. The molecule has 0 aliphatic heterocycles. The van der Waals surface area contributed by atoms with Crippen LogP contribution in [-0.4, -0.2) is 15.1 Å². The van der Waals surface area contributed by atoms with Gasteiger partial charge in [0.25, 0.3) is 0 Å². The van der Waals surface area contributed by atoms with Crippen molar-refractivity contribution >= 4 is 34.1 Å². The van der Waals surface area contributed by atoms with E-state index >= 15 is 0 Å². The highest BCUT2D eigenvalue weighted by Gasteiger charge is 2.14. The van der Waals surface area contributed by atoms with Crippen molar-refractivity contribution in [3.63, 3.8) is 0 Å². The zero-order valence-electron chi connectivity index (χ0n) is 13.4. The highest BCUT2D eigenvalue weighted by atomic mass is 35.5. The number of ether oxygens (including phenoxy) is 1. The lowest BCUT2D eigenvalue weighted by atomic mass is 10.1. The lowest BCUT2D eigenvalue weighted by Gasteiger charge is -2.11. The van der Waals surface area contributed by atoms with Gasteiger partial charge in [-0.1, -0.05) is 47.5 Å². The third-order valence-electron chi connectivity index (χ3n) is 3.82. The van der Waals surface area contributed by atoms with Crippen molar-refractivity contribution in [1.29, 1.82) is 0 Å². The number of phenols is 1. The average molecular weight is 383 g/mol. The molecule has 4 rings (SSSR count). The van der Waals surface area contributed by atoms with Gasteiger partial charge in [-0.25, -0.2) is 4.98 Å². The van der Waals surface area contributed by atoms with Crippen LogP contribution in [0.2, 0.25) is 10.0 Å². The summed E-state index contributed by atoms with van der Waals surface area (Å²) in [7, 11) is 0. The Morgan fingerprint density at radius 1 is 0.808 bits per heavy atom. The second-order valence-electron chi connectivity index (χ2n) is 5.56. The fourth-order valence-corrected chi connectivity index (χ4v) is 2.85. The van der Waals surface area contributed by atoms with Crippen LogP contribution in [0, 0.1) is 0 Å². The first kappa shape index (κ1) is 16.6. The molecule has 0 radical (unpaired) electrons. The van der Waals surface area contributed by atoms with Gasteiger partial charge < -0.3 is 9.84 Å². The first-order valence-corrected chi connectivity index (χ1v) is 8.55. The number of fused-ring (bicyclic) bond motifs is 1. The molecule has 128 valence electrons. The summed E-state index contributed by atoms with van der Waals surface area (Å²) in [5.74, 6) is 1.35. The Morgan fingerprint density at radius 2 is 1.58 bits per heavy atom. The van der Waals surface area contributed by atoms with E-state index in [9.17, 15) is 5.11 Å². The van der Waals surface area contributed by atoms with E-state index in [1.54, 1.807) is 36.4 Å². The number of hydrogen-bond acceptors (Lipinski definition) is 4. The first-order chi connectivity index (χ1) is 12.6. The van der Waals surface area contributed by atoms with Crippen molar-refractivity contribution in [3.8, 4) is 28.8 Å². The molecule has 0 saturated heterocycles. The molecular weight excluding hydrogens is 371 g/mol. The van der Waals surface area contributed by atoms with Crippen LogP contribution in [0.4, 0.5) is 0 Å². The molecule has 0 unspecified atom stereocenters. The summed E-state index contributed by atoms with van der Waals surface area (Å²) in [6.45, 7) is 0. The fraction of sp³-hybridized carbons (Fsp3) is 0. The van der Waals surface area contributed by atoms with Crippen molar-refractivity contribution in [3.05, 3.63) is 76.8 Å². The second kappa shape index (κ2) is 6.83. The van der Waals surface area contributed by atoms with E-state index in [2.05, 4.69) is 9.97 Å². The maximum atomic E-state index is 10.1. The third kappa shape index (κ3) is 3.17. The topological polar surface area (TPSA) is 55.2 Å². The molecule has 1 aromatic heterocycles. The Morgan fingerprint density at radius 3 is 2.38 bits per heavy atom. The van der Waals surface area contributed by atoms with Gasteiger partial charge in [-0.15, -0.1) is 0 Å². The summed E-state index contributed by atoms with van der Waals surface area (Å²) >= 11 is 12.0. The molecule has 0 aliphatic rings. The fourth-order valence-electron chi connectivity index (χ4n) is 2.56. The molecule has 1 heterocycles. The van der Waals surface area contributed by atoms with Gasteiger partial charge in [-0.05, 0) is 36.4 Å². The number of benzene rings is 3. The molecule has 0 bridgehead atoms. The van der Waals surface area contributed by atoms with Crippen LogP contribution in [0.3, 0.4) is 0 Å². The second-order valence-corrected chi connectivity index (χ2v) is 6.38. The van der Waals surface area contributed by atoms with Crippen LogP contribution in [0.1, 0.15) is 0 Å². The summed E-state index contributed by atoms with van der Waals surface area (Å²) in [6.07, 6.45) is 0. The van der Waals surface area contributed by atoms with E-state index in [1.165, 1.54) is 0 Å². The summed E-state index contributed by atoms with van der Waals surface area (Å²) < 4.78 is 5.95. The van der Waals surface area contributed by atoms with E-state index in [0.29, 0.717) is 38.6 Å². The van der Waals surface area contributed by atoms with Crippen molar-refractivity contribution in [2.45, 2.75) is 0 Å². The number of hydrogen-bond donors (Lipinski definition) is 1. The number of phenolic OH excluding ortho intramolecular Hbond substituents is 1. The zero-order valence-corrected chi connectivity index (χ0v) is 14.9. The summed E-state index contributed by atoms with van der Waals surface area (Å²) in [5.41, 5.74) is 1.23. The van der Waals surface area contributed by atoms with E-state index in [0.717, 1.165) is 5.39 Å². The molecule has 0 spiro atoms. The smallest absolute Gasteiger partial charge is 0.230 e. The molecule has 4 nitrogen and oxygen atoms in total. The normalized spacial score (nSPS) is 10.8. The van der Waals surface area contributed by atoms with Gasteiger partial charge in [-0.3, -0.25) is 0 Å². The summed E-state index contributed by atoms with van der Waals surface area (Å²) in [5, 5.41) is 11.7. The molecule has 0 aliphatic carbocycles. The van der Waals surface area contributed by atoms with Crippen LogP contribution in [0.5, 0.6) is 17.4 Å². The van der Waals surface area contributed by atoms with Crippen LogP contribution in [0.15, 0.2) is 66.7 Å². The molecule has 4 aromatic rings. The quantitative estimate of drug-likeness (QED) is 0.464. The van der Waals surface area contributed by atoms with E-state index in [1.807, 2.05) is 30.3 Å². The van der Waals surface area contributed by atoms with Crippen LogP contribution < -0.4 is 4.74 Å². The third-order valence-corrected chi connectivity index (χ3v) is 4.56. The van der Waals surface area contributed by atoms with Crippen molar-refractivity contribution in [2.75, 3.05) is 0 Å². The highest BCUT2D eigenvalue weighted by molar-refractivity contribution is 6.42. The highest BCUT2D eigenvalue weighted by Crippen LogP contribution is 2.34. The number of nitrogens with zero attached hydrogens (tertiary/aromatic N) is 2. The standard InChI is InChI=1S/C20H12Cl2N2O2/c21-15-10-9-12(11-16(15)22)26-20-13-5-1-3-7-17(13)23-19(24-20)14-6-2-4-8-18(14)25/h1-11,25H. The average Bonchev–Trinajstić information content (AvgIpc) is 2.65. The van der Waals surface area contributed by atoms with Gasteiger partial charge in [0, 0.05) is 6.07 Å². The Kier molecular flexibility index (Phi) is 4.37. The van der Waals surface area contributed by atoms with Gasteiger partial charge >= 0.3 is 0 Å².